The number of para-hydroxylation sites is 1. The van der Waals surface area contributed by atoms with Crippen molar-refractivity contribution in [1.82, 2.24) is 0 Å². The number of esters is 1. The summed E-state index contributed by atoms with van der Waals surface area (Å²) in [5.41, 5.74) is 1.73. The third-order valence-electron chi connectivity index (χ3n) is 5.27. The summed E-state index contributed by atoms with van der Waals surface area (Å²) < 4.78 is 31.1. The fourth-order valence-electron chi connectivity index (χ4n) is 3.46. The summed E-state index contributed by atoms with van der Waals surface area (Å²) in [7, 11) is 1.50. The molecular weight excluding hydrogens is 561 g/mol. The molecule has 4 rings (SSSR count). The summed E-state index contributed by atoms with van der Waals surface area (Å²) in [6, 6.07) is 19.0. The van der Waals surface area contributed by atoms with Gasteiger partial charge in [0.1, 0.15) is 28.8 Å². The van der Waals surface area contributed by atoms with E-state index in [0.717, 1.165) is 11.8 Å². The van der Waals surface area contributed by atoms with Crippen LogP contribution in [-0.4, -0.2) is 29.8 Å². The first kappa shape index (κ1) is 26.5. The van der Waals surface area contributed by atoms with Gasteiger partial charge in [-0.25, -0.2) is 14.2 Å². The van der Waals surface area contributed by atoms with Gasteiger partial charge in [-0.1, -0.05) is 64.1 Å². The number of hydrogen-bond acceptors (Lipinski definition) is 7. The Morgan fingerprint density at radius 2 is 1.84 bits per heavy atom. The lowest BCUT2D eigenvalue weighted by molar-refractivity contribution is -0.138. The van der Waals surface area contributed by atoms with E-state index < -0.39 is 5.97 Å². The third-order valence-corrected chi connectivity index (χ3v) is 6.97. The number of carbonyl (C=O) groups is 1. The standard InChI is InChI=1S/C28H23BrFNO5S/c1-3-35-28(33)25-26(32)24(37-27(25)31-19-10-5-4-6-11-19)14-18-13-22(34-2)23(15-20(18)29)36-16-17-9-7-8-12-21(17)30/h4-15,32H,3,16H2,1-2H3/b24-14-,31-27?. The average molecular weight is 584 g/mol. The zero-order valence-corrected chi connectivity index (χ0v) is 22.4. The van der Waals surface area contributed by atoms with E-state index in [1.165, 1.54) is 13.2 Å². The van der Waals surface area contributed by atoms with Crippen LogP contribution in [0.3, 0.4) is 0 Å². The van der Waals surface area contributed by atoms with Crippen LogP contribution in [0.1, 0.15) is 18.1 Å². The van der Waals surface area contributed by atoms with Crippen molar-refractivity contribution in [2.75, 3.05) is 13.7 Å². The Hall–Kier alpha value is -3.56. The summed E-state index contributed by atoms with van der Waals surface area (Å²) in [5.74, 6) is -0.394. The van der Waals surface area contributed by atoms with Gasteiger partial charge in [0.25, 0.3) is 0 Å². The van der Waals surface area contributed by atoms with E-state index in [0.29, 0.717) is 42.7 Å². The second-order valence-corrected chi connectivity index (χ2v) is 9.60. The molecule has 0 saturated carbocycles. The van der Waals surface area contributed by atoms with Crippen LogP contribution in [0, 0.1) is 5.82 Å². The Kier molecular flexibility index (Phi) is 8.68. The van der Waals surface area contributed by atoms with Gasteiger partial charge in [0.05, 0.1) is 24.3 Å². The molecule has 9 heteroatoms. The second-order valence-electron chi connectivity index (χ2n) is 7.71. The Bertz CT molecular complexity index is 1400. The normalized spacial score (nSPS) is 15.4. The number of aliphatic hydroxyl groups excluding tert-OH is 1. The first-order valence-electron chi connectivity index (χ1n) is 11.3. The van der Waals surface area contributed by atoms with Crippen LogP contribution in [-0.2, 0) is 16.1 Å². The van der Waals surface area contributed by atoms with Gasteiger partial charge in [0.2, 0.25) is 0 Å². The van der Waals surface area contributed by atoms with Gasteiger partial charge >= 0.3 is 5.97 Å². The molecule has 1 heterocycles. The van der Waals surface area contributed by atoms with Crippen molar-refractivity contribution in [3.8, 4) is 11.5 Å². The maximum atomic E-state index is 14.0. The molecule has 3 aromatic carbocycles. The van der Waals surface area contributed by atoms with E-state index in [-0.39, 0.29) is 30.4 Å². The number of nitrogens with zero attached hydrogens (tertiary/aromatic N) is 1. The van der Waals surface area contributed by atoms with Gasteiger partial charge in [-0.05, 0) is 48.9 Å². The van der Waals surface area contributed by atoms with Crippen LogP contribution < -0.4 is 9.47 Å². The van der Waals surface area contributed by atoms with Gasteiger partial charge in [0, 0.05) is 10.0 Å². The number of thioether (sulfide) groups is 1. The molecule has 0 amide bonds. The van der Waals surface area contributed by atoms with Crippen molar-refractivity contribution in [2.45, 2.75) is 13.5 Å². The highest BCUT2D eigenvalue weighted by Crippen LogP contribution is 2.42. The Labute approximate surface area is 226 Å². The van der Waals surface area contributed by atoms with Crippen LogP contribution in [0.15, 0.2) is 92.4 Å². The topological polar surface area (TPSA) is 77.4 Å². The van der Waals surface area contributed by atoms with Crippen molar-refractivity contribution in [1.29, 1.82) is 0 Å². The molecule has 0 aliphatic carbocycles. The van der Waals surface area contributed by atoms with Gasteiger partial charge in [-0.15, -0.1) is 0 Å². The molecule has 0 atom stereocenters. The van der Waals surface area contributed by atoms with E-state index in [2.05, 4.69) is 20.9 Å². The van der Waals surface area contributed by atoms with Gasteiger partial charge in [-0.3, -0.25) is 0 Å². The first-order chi connectivity index (χ1) is 17.9. The maximum Gasteiger partial charge on any atom is 0.344 e. The number of carbonyl (C=O) groups excluding carboxylic acids is 1. The molecule has 1 aliphatic heterocycles. The van der Waals surface area contributed by atoms with E-state index in [1.54, 1.807) is 55.5 Å². The second kappa shape index (κ2) is 12.1. The monoisotopic (exact) mass is 583 g/mol. The highest BCUT2D eigenvalue weighted by Gasteiger charge is 2.33. The molecule has 1 N–H and O–H groups in total. The first-order valence-corrected chi connectivity index (χ1v) is 12.9. The molecule has 0 fully saturated rings. The Morgan fingerprint density at radius 3 is 2.54 bits per heavy atom. The van der Waals surface area contributed by atoms with Crippen molar-refractivity contribution >= 4 is 50.5 Å². The molecule has 0 spiro atoms. The fraction of sp³-hybridized carbons (Fsp3) is 0.143. The zero-order valence-electron chi connectivity index (χ0n) is 20.0. The van der Waals surface area contributed by atoms with E-state index in [9.17, 15) is 14.3 Å². The lowest BCUT2D eigenvalue weighted by Gasteiger charge is -2.13. The lowest BCUT2D eigenvalue weighted by atomic mass is 10.1. The van der Waals surface area contributed by atoms with Crippen molar-refractivity contribution < 1.29 is 28.5 Å². The number of aliphatic imine (C=N–C) groups is 1. The minimum atomic E-state index is -0.654. The number of rotatable bonds is 8. The molecule has 6 nitrogen and oxygen atoms in total. The zero-order chi connectivity index (χ0) is 26.4. The molecule has 0 saturated heterocycles. The van der Waals surface area contributed by atoms with Crippen molar-refractivity contribution in [3.63, 3.8) is 0 Å². The molecule has 1 aliphatic rings. The Morgan fingerprint density at radius 1 is 1.11 bits per heavy atom. The number of ether oxygens (including phenoxy) is 3. The predicted octanol–water partition coefficient (Wildman–Crippen LogP) is 7.37. The summed E-state index contributed by atoms with van der Waals surface area (Å²) in [5, 5.41) is 11.3. The molecule has 0 aromatic heterocycles. The largest absolute Gasteiger partial charge is 0.506 e. The number of benzene rings is 3. The molecule has 0 bridgehead atoms. The quantitative estimate of drug-likeness (QED) is 0.279. The molecular formula is C28H23BrFNO5S. The van der Waals surface area contributed by atoms with Gasteiger partial charge in [-0.2, -0.15) is 0 Å². The highest BCUT2D eigenvalue weighted by molar-refractivity contribution is 9.10. The molecule has 3 aromatic rings. The van der Waals surface area contributed by atoms with Crippen LogP contribution in [0.5, 0.6) is 11.5 Å². The SMILES string of the molecule is CCOC(=O)C1=C(O)/C(=C/c2cc(OC)c(OCc3ccccc3F)cc2Br)SC1=Nc1ccccc1. The fourth-order valence-corrected chi connectivity index (χ4v) is 4.92. The van der Waals surface area contributed by atoms with Gasteiger partial charge in [0.15, 0.2) is 11.5 Å². The summed E-state index contributed by atoms with van der Waals surface area (Å²) in [4.78, 5) is 17.6. The van der Waals surface area contributed by atoms with Crippen LogP contribution >= 0.6 is 27.7 Å². The van der Waals surface area contributed by atoms with Crippen molar-refractivity contribution in [3.05, 3.63) is 104 Å². The third kappa shape index (κ3) is 6.23. The number of halogens is 2. The van der Waals surface area contributed by atoms with E-state index >= 15 is 0 Å². The van der Waals surface area contributed by atoms with Crippen LogP contribution in [0.25, 0.3) is 6.08 Å². The van der Waals surface area contributed by atoms with E-state index in [4.69, 9.17) is 14.2 Å². The molecule has 37 heavy (non-hydrogen) atoms. The lowest BCUT2D eigenvalue weighted by Crippen LogP contribution is -2.12. The summed E-state index contributed by atoms with van der Waals surface area (Å²) in [6.07, 6.45) is 1.71. The minimum absolute atomic E-state index is 0.00915. The summed E-state index contributed by atoms with van der Waals surface area (Å²) >= 11 is 4.69. The van der Waals surface area contributed by atoms with Gasteiger partial charge < -0.3 is 19.3 Å². The minimum Gasteiger partial charge on any atom is -0.506 e. The smallest absolute Gasteiger partial charge is 0.344 e. The predicted molar refractivity (Wildman–Crippen MR) is 147 cm³/mol. The number of hydrogen-bond donors (Lipinski definition) is 1. The Balaban J connectivity index is 1.67. The number of methoxy groups -OCH3 is 1. The molecule has 190 valence electrons. The van der Waals surface area contributed by atoms with Crippen LogP contribution in [0.2, 0.25) is 0 Å². The maximum absolute atomic E-state index is 14.0. The number of aliphatic hydroxyl groups is 1. The average Bonchev–Trinajstić information content (AvgIpc) is 3.19. The highest BCUT2D eigenvalue weighted by atomic mass is 79.9. The molecule has 0 unspecified atom stereocenters. The van der Waals surface area contributed by atoms with Crippen LogP contribution in [0.4, 0.5) is 10.1 Å². The molecule has 0 radical (unpaired) electrons. The van der Waals surface area contributed by atoms with E-state index in [1.807, 2.05) is 18.2 Å². The van der Waals surface area contributed by atoms with Crippen molar-refractivity contribution in [2.24, 2.45) is 4.99 Å². The summed E-state index contributed by atoms with van der Waals surface area (Å²) in [6.45, 7) is 1.88.